The van der Waals surface area contributed by atoms with Crippen LogP contribution in [0.5, 0.6) is 0 Å². The number of carboxylic acid groups (broad SMARTS) is 1. The Balaban J connectivity index is 2.38. The van der Waals surface area contributed by atoms with Gasteiger partial charge in [-0.05, 0) is 30.4 Å². The van der Waals surface area contributed by atoms with Crippen LogP contribution in [0.3, 0.4) is 0 Å². The molecule has 3 heteroatoms. The van der Waals surface area contributed by atoms with Gasteiger partial charge in [-0.2, -0.15) is 0 Å². The molecule has 0 aromatic heterocycles. The van der Waals surface area contributed by atoms with Crippen LogP contribution in [0, 0.1) is 5.92 Å². The van der Waals surface area contributed by atoms with E-state index in [4.69, 9.17) is 10.8 Å². The molecule has 0 amide bonds. The third kappa shape index (κ3) is 1.88. The first-order chi connectivity index (χ1) is 7.20. The summed E-state index contributed by atoms with van der Waals surface area (Å²) in [5, 5.41) is 9.08. The van der Waals surface area contributed by atoms with E-state index < -0.39 is 11.9 Å². The van der Waals surface area contributed by atoms with Gasteiger partial charge in [-0.15, -0.1) is 0 Å². The second-order valence-corrected chi connectivity index (χ2v) is 4.06. The second-order valence-electron chi connectivity index (χ2n) is 4.06. The van der Waals surface area contributed by atoms with E-state index in [1.807, 2.05) is 24.3 Å². The maximum atomic E-state index is 11.0. The van der Waals surface area contributed by atoms with Crippen LogP contribution in [-0.2, 0) is 11.2 Å². The Labute approximate surface area is 88.9 Å². The van der Waals surface area contributed by atoms with Crippen molar-refractivity contribution in [1.82, 2.24) is 0 Å². The monoisotopic (exact) mass is 205 g/mol. The highest BCUT2D eigenvalue weighted by atomic mass is 16.4. The molecule has 3 nitrogen and oxygen atoms in total. The van der Waals surface area contributed by atoms with Gasteiger partial charge >= 0.3 is 5.97 Å². The van der Waals surface area contributed by atoms with Crippen molar-refractivity contribution < 1.29 is 9.90 Å². The van der Waals surface area contributed by atoms with Crippen LogP contribution in [0.1, 0.15) is 30.0 Å². The van der Waals surface area contributed by atoms with Crippen molar-refractivity contribution in [2.24, 2.45) is 11.7 Å². The van der Waals surface area contributed by atoms with E-state index in [-0.39, 0.29) is 6.04 Å². The number of benzene rings is 1. The van der Waals surface area contributed by atoms with Gasteiger partial charge in [0.2, 0.25) is 0 Å². The van der Waals surface area contributed by atoms with Crippen LogP contribution >= 0.6 is 0 Å². The summed E-state index contributed by atoms with van der Waals surface area (Å²) in [4.78, 5) is 11.0. The molecule has 0 heterocycles. The van der Waals surface area contributed by atoms with Crippen molar-refractivity contribution in [2.45, 2.75) is 25.3 Å². The molecule has 1 aliphatic carbocycles. The third-order valence-corrected chi connectivity index (χ3v) is 3.13. The zero-order valence-corrected chi connectivity index (χ0v) is 8.52. The Bertz CT molecular complexity index is 376. The second kappa shape index (κ2) is 4.03. The number of carboxylic acids is 1. The normalized spacial score (nSPS) is 25.4. The minimum Gasteiger partial charge on any atom is -0.481 e. The van der Waals surface area contributed by atoms with Crippen molar-refractivity contribution >= 4 is 5.97 Å². The highest BCUT2D eigenvalue weighted by Gasteiger charge is 2.29. The molecule has 1 aliphatic rings. The Morgan fingerprint density at radius 3 is 2.87 bits per heavy atom. The van der Waals surface area contributed by atoms with Crippen LogP contribution in [0.4, 0.5) is 0 Å². The molecule has 0 fully saturated rings. The zero-order valence-electron chi connectivity index (χ0n) is 8.52. The lowest BCUT2D eigenvalue weighted by molar-refractivity contribution is -0.142. The largest absolute Gasteiger partial charge is 0.481 e. The Morgan fingerprint density at radius 1 is 1.40 bits per heavy atom. The lowest BCUT2D eigenvalue weighted by Gasteiger charge is -2.18. The molecule has 0 spiro atoms. The SMILES string of the molecule is NC1c2ccccc2CCCC1C(=O)O. The molecule has 3 N–H and O–H groups in total. The molecule has 2 unspecified atom stereocenters. The van der Waals surface area contributed by atoms with Crippen LogP contribution in [0.25, 0.3) is 0 Å². The van der Waals surface area contributed by atoms with E-state index in [0.717, 1.165) is 18.4 Å². The van der Waals surface area contributed by atoms with Gasteiger partial charge in [0, 0.05) is 6.04 Å². The van der Waals surface area contributed by atoms with Gasteiger partial charge in [0.05, 0.1) is 5.92 Å². The molecule has 1 aromatic carbocycles. The molecule has 2 rings (SSSR count). The summed E-state index contributed by atoms with van der Waals surface area (Å²) >= 11 is 0. The molecule has 1 aromatic rings. The summed E-state index contributed by atoms with van der Waals surface area (Å²) < 4.78 is 0. The van der Waals surface area contributed by atoms with E-state index >= 15 is 0 Å². The fraction of sp³-hybridized carbons (Fsp3) is 0.417. The first-order valence-corrected chi connectivity index (χ1v) is 5.26. The van der Waals surface area contributed by atoms with Crippen LogP contribution in [0.15, 0.2) is 24.3 Å². The third-order valence-electron chi connectivity index (χ3n) is 3.13. The van der Waals surface area contributed by atoms with Gasteiger partial charge in [0.15, 0.2) is 0 Å². The summed E-state index contributed by atoms with van der Waals surface area (Å²) in [7, 11) is 0. The summed E-state index contributed by atoms with van der Waals surface area (Å²) in [5.74, 6) is -1.21. The predicted molar refractivity (Wildman–Crippen MR) is 57.4 cm³/mol. The average Bonchev–Trinajstić information content (AvgIpc) is 2.39. The number of hydrogen-bond donors (Lipinski definition) is 2. The molecule has 80 valence electrons. The van der Waals surface area contributed by atoms with Crippen molar-refractivity contribution in [1.29, 1.82) is 0 Å². The number of aliphatic carboxylic acids is 1. The maximum Gasteiger partial charge on any atom is 0.308 e. The molecule has 0 aliphatic heterocycles. The van der Waals surface area contributed by atoms with Gasteiger partial charge in [-0.1, -0.05) is 24.3 Å². The van der Waals surface area contributed by atoms with Gasteiger partial charge in [-0.25, -0.2) is 0 Å². The predicted octanol–water partition coefficient (Wildman–Crippen LogP) is 1.72. The summed E-state index contributed by atoms with van der Waals surface area (Å²) in [6.45, 7) is 0. The number of rotatable bonds is 1. The van der Waals surface area contributed by atoms with Gasteiger partial charge in [0.1, 0.15) is 0 Å². The fourth-order valence-electron chi connectivity index (χ4n) is 2.27. The fourth-order valence-corrected chi connectivity index (χ4v) is 2.27. The number of carbonyl (C=O) groups is 1. The van der Waals surface area contributed by atoms with Crippen LogP contribution in [-0.4, -0.2) is 11.1 Å². The number of nitrogens with two attached hydrogens (primary N) is 1. The number of aryl methyl sites for hydroxylation is 1. The quantitative estimate of drug-likeness (QED) is 0.686. The van der Waals surface area contributed by atoms with Gasteiger partial charge in [0.25, 0.3) is 0 Å². The Kier molecular flexibility index (Phi) is 2.73. The van der Waals surface area contributed by atoms with Gasteiger partial charge < -0.3 is 10.8 Å². The minimum absolute atomic E-state index is 0.360. The smallest absolute Gasteiger partial charge is 0.308 e. The molecule has 2 atom stereocenters. The first kappa shape index (κ1) is 10.2. The number of hydrogen-bond acceptors (Lipinski definition) is 2. The van der Waals surface area contributed by atoms with E-state index in [0.29, 0.717) is 6.42 Å². The van der Waals surface area contributed by atoms with Crippen LogP contribution in [0.2, 0.25) is 0 Å². The molecule has 15 heavy (non-hydrogen) atoms. The van der Waals surface area contributed by atoms with Crippen molar-refractivity contribution in [2.75, 3.05) is 0 Å². The van der Waals surface area contributed by atoms with E-state index in [9.17, 15) is 4.79 Å². The van der Waals surface area contributed by atoms with E-state index in [1.54, 1.807) is 0 Å². The lowest BCUT2D eigenvalue weighted by atomic mass is 9.92. The molecule has 0 radical (unpaired) electrons. The summed E-state index contributed by atoms with van der Waals surface area (Å²) in [6, 6.07) is 7.53. The first-order valence-electron chi connectivity index (χ1n) is 5.26. The summed E-state index contributed by atoms with van der Waals surface area (Å²) in [5.41, 5.74) is 8.22. The molecule has 0 saturated heterocycles. The average molecular weight is 205 g/mol. The lowest BCUT2D eigenvalue weighted by Crippen LogP contribution is -2.27. The summed E-state index contributed by atoms with van der Waals surface area (Å²) in [6.07, 6.45) is 2.51. The van der Waals surface area contributed by atoms with Crippen LogP contribution < -0.4 is 5.73 Å². The zero-order chi connectivity index (χ0) is 10.8. The molecular formula is C12H15NO2. The Hall–Kier alpha value is -1.35. The van der Waals surface area contributed by atoms with Crippen molar-refractivity contribution in [3.8, 4) is 0 Å². The topological polar surface area (TPSA) is 63.3 Å². The molecule has 0 bridgehead atoms. The molecular weight excluding hydrogens is 190 g/mol. The number of fused-ring (bicyclic) bond motifs is 1. The Morgan fingerprint density at radius 2 is 2.13 bits per heavy atom. The van der Waals surface area contributed by atoms with Crippen molar-refractivity contribution in [3.63, 3.8) is 0 Å². The highest BCUT2D eigenvalue weighted by molar-refractivity contribution is 5.71. The van der Waals surface area contributed by atoms with E-state index in [1.165, 1.54) is 5.56 Å². The maximum absolute atomic E-state index is 11.0. The van der Waals surface area contributed by atoms with Crippen molar-refractivity contribution in [3.05, 3.63) is 35.4 Å². The van der Waals surface area contributed by atoms with E-state index in [2.05, 4.69) is 0 Å². The standard InChI is InChI=1S/C12H15NO2/c13-11-9-6-2-1-4-8(9)5-3-7-10(11)12(14)15/h1-2,4,6,10-11H,3,5,7,13H2,(H,14,15). The highest BCUT2D eigenvalue weighted by Crippen LogP contribution is 2.31. The van der Waals surface area contributed by atoms with Gasteiger partial charge in [-0.3, -0.25) is 4.79 Å². The molecule has 0 saturated carbocycles. The minimum atomic E-state index is -0.779.